The first kappa shape index (κ1) is 77.8. The number of aliphatic hydroxyl groups excluding tert-OH is 6. The van der Waals surface area contributed by atoms with Gasteiger partial charge >= 0.3 is 36.6 Å². The Morgan fingerprint density at radius 1 is 0.378 bits per heavy atom. The van der Waals surface area contributed by atoms with E-state index in [-0.39, 0.29) is 11.1 Å². The minimum Gasteiger partial charge on any atom is -0.444 e. The van der Waals surface area contributed by atoms with Gasteiger partial charge in [0.1, 0.15) is 113 Å². The van der Waals surface area contributed by atoms with Crippen molar-refractivity contribution in [2.24, 2.45) is 0 Å². The summed E-state index contributed by atoms with van der Waals surface area (Å²) in [4.78, 5) is 80.7. The molecule has 3 aliphatic heterocycles. The van der Waals surface area contributed by atoms with Crippen molar-refractivity contribution < 1.29 is 116 Å². The highest BCUT2D eigenvalue weighted by Crippen LogP contribution is 2.44. The van der Waals surface area contributed by atoms with Gasteiger partial charge < -0.3 is 119 Å². The number of hydrogen-bond donors (Lipinski definition) is 12. The third-order valence-electron chi connectivity index (χ3n) is 14.7. The van der Waals surface area contributed by atoms with Gasteiger partial charge in [0.15, 0.2) is 18.9 Å². The van der Waals surface area contributed by atoms with Crippen LogP contribution in [0, 0.1) is 0 Å². The minimum absolute atomic E-state index is 0.204. The summed E-state index contributed by atoms with van der Waals surface area (Å²) < 4.78 is 72.7. The van der Waals surface area contributed by atoms with E-state index in [9.17, 15) is 59.4 Å². The summed E-state index contributed by atoms with van der Waals surface area (Å²) >= 11 is 0. The second-order valence-corrected chi connectivity index (χ2v) is 36.7. The predicted octanol–water partition coefficient (Wildman–Crippen LogP) is 4.02. The van der Waals surface area contributed by atoms with Crippen LogP contribution >= 0.6 is 0 Å². The Balaban J connectivity index is 1.95. The monoisotopic (exact) mass is 1310 g/mol. The molecule has 4 fully saturated rings. The molecule has 12 N–H and O–H groups in total. The lowest BCUT2D eigenvalue weighted by Gasteiger charge is -2.49. The molecular weight excluding hydrogens is 1200 g/mol. The molecule has 6 amide bonds. The van der Waals surface area contributed by atoms with E-state index in [2.05, 4.69) is 45.0 Å². The topological polar surface area (TPSA) is 407 Å². The summed E-state index contributed by atoms with van der Waals surface area (Å²) in [5.41, 5.74) is -6.20. The standard InChI is InChI=1S/C59H108N6O24Si/c1-53(2,3)84-47(72)60-25-30-36(67)38(69)33(64-51(76)88-57(13,14)15)44(78-30)81-41-29(63-50(75)87-56(10,11)12)24-28(62-49(74)86-55(7,8)9)35(66)43(41)83-46-40(71)42(32(80-46)27-90(22,23)59(19,20)21)82-45-34(65-52(77)89-58(16,17)18)39(70)37(68)31(79-45)26-61-48(73)85-54(4,5)6/h28-46,66-71H,24-27H2,1-23H3,(H,60,72)(H,61,73)(H,62,74)(H,63,75)(H,64,76)(H,65,77)/t28-,29+,30-,31+,32-,33-,34-,35+,36-,37-,38-,39-,40-,41-,42-,43-,44-,45-,46+/m1/s1. The van der Waals surface area contributed by atoms with E-state index in [1.165, 1.54) is 0 Å². The Morgan fingerprint density at radius 3 is 1.04 bits per heavy atom. The lowest BCUT2D eigenvalue weighted by atomic mass is 9.83. The first-order valence-electron chi connectivity index (χ1n) is 30.6. The molecule has 0 radical (unpaired) electrons. The summed E-state index contributed by atoms with van der Waals surface area (Å²) in [5, 5.41) is 87.6. The van der Waals surface area contributed by atoms with E-state index < -0.39 is 214 Å². The van der Waals surface area contributed by atoms with Crippen molar-refractivity contribution in [3.63, 3.8) is 0 Å². The average Bonchev–Trinajstić information content (AvgIpc) is 1.35. The molecular formula is C59H108N6O24Si. The molecule has 3 saturated heterocycles. The molecule has 30 nitrogen and oxygen atoms in total. The number of carbonyl (C=O) groups is 6. The van der Waals surface area contributed by atoms with E-state index in [4.69, 9.17) is 56.8 Å². The maximum atomic E-state index is 14.0. The van der Waals surface area contributed by atoms with Crippen LogP contribution in [0.4, 0.5) is 28.8 Å². The summed E-state index contributed by atoms with van der Waals surface area (Å²) in [6.07, 6.45) is -32.7. The van der Waals surface area contributed by atoms with Crippen molar-refractivity contribution >= 4 is 44.6 Å². The third-order valence-corrected chi connectivity index (χ3v) is 20.2. The van der Waals surface area contributed by atoms with Crippen LogP contribution in [0.25, 0.3) is 0 Å². The molecule has 31 heteroatoms. The molecule has 1 saturated carbocycles. The van der Waals surface area contributed by atoms with E-state index in [1.807, 2.05) is 20.8 Å². The van der Waals surface area contributed by atoms with Crippen LogP contribution in [0.15, 0.2) is 0 Å². The van der Waals surface area contributed by atoms with Crippen LogP contribution in [-0.2, 0) is 56.8 Å². The fourth-order valence-corrected chi connectivity index (χ4v) is 11.7. The van der Waals surface area contributed by atoms with Gasteiger partial charge in [0.25, 0.3) is 0 Å². The van der Waals surface area contributed by atoms with Gasteiger partial charge in [-0.2, -0.15) is 0 Å². The molecule has 0 spiro atoms. The second-order valence-electron chi connectivity index (χ2n) is 31.1. The Labute approximate surface area is 530 Å². The summed E-state index contributed by atoms with van der Waals surface area (Å²) in [7, 11) is -2.57. The number of alkyl carbamates (subject to hydrolysis) is 6. The van der Waals surface area contributed by atoms with Gasteiger partial charge in [0.2, 0.25) is 0 Å². The molecule has 4 rings (SSSR count). The Kier molecular flexibility index (Phi) is 25.7. The van der Waals surface area contributed by atoms with Crippen LogP contribution < -0.4 is 31.9 Å². The fourth-order valence-electron chi connectivity index (χ4n) is 9.78. The molecule has 1 aliphatic carbocycles. The Bertz CT molecular complexity index is 2410. The number of rotatable bonds is 16. The number of carbonyl (C=O) groups excluding carboxylic acids is 6. The van der Waals surface area contributed by atoms with Crippen LogP contribution in [0.3, 0.4) is 0 Å². The predicted molar refractivity (Wildman–Crippen MR) is 324 cm³/mol. The zero-order chi connectivity index (χ0) is 69.0. The Hall–Kier alpha value is -4.64. The quantitative estimate of drug-likeness (QED) is 0.0767. The van der Waals surface area contributed by atoms with Crippen LogP contribution in [-0.4, -0.2) is 238 Å². The first-order chi connectivity index (χ1) is 40.6. The molecule has 0 aromatic heterocycles. The number of aliphatic hydroxyl groups is 6. The van der Waals surface area contributed by atoms with Gasteiger partial charge in [-0.05, 0) is 142 Å². The first-order valence-corrected chi connectivity index (χ1v) is 33.8. The van der Waals surface area contributed by atoms with Crippen molar-refractivity contribution in [2.75, 3.05) is 13.1 Å². The molecule has 19 atom stereocenters. The van der Waals surface area contributed by atoms with Crippen molar-refractivity contribution in [3.8, 4) is 0 Å². The van der Waals surface area contributed by atoms with Gasteiger partial charge in [0, 0.05) is 13.1 Å². The molecule has 90 heavy (non-hydrogen) atoms. The molecule has 0 aromatic rings. The zero-order valence-corrected chi connectivity index (χ0v) is 57.8. The molecule has 3 heterocycles. The summed E-state index contributed by atoms with van der Waals surface area (Å²) in [5.74, 6) is 0. The molecule has 522 valence electrons. The smallest absolute Gasteiger partial charge is 0.408 e. The number of hydrogen-bond acceptors (Lipinski definition) is 24. The fraction of sp³-hybridized carbons (Fsp3) is 0.898. The van der Waals surface area contributed by atoms with E-state index in [1.54, 1.807) is 125 Å². The highest BCUT2D eigenvalue weighted by Gasteiger charge is 2.58. The van der Waals surface area contributed by atoms with Gasteiger partial charge in [-0.25, -0.2) is 28.8 Å². The van der Waals surface area contributed by atoms with Crippen LogP contribution in [0.2, 0.25) is 24.2 Å². The average molecular weight is 1310 g/mol. The normalized spacial score (nSPS) is 32.3. The maximum Gasteiger partial charge on any atom is 0.408 e. The SMILES string of the molecule is CC(C)(C)OC(=O)NC[C@@H]1O[C@H](O[C@H]2[C@@H](O)[C@H](O[C@@H]3[C@@H](O)[C@H](NC(=O)OC(C)(C)C)C[C@H](NC(=O)OC(C)(C)C)[C@H]3O[C@H]3O[C@H](CNC(=O)OC(C)(C)C)[C@@H](O)[C@H](O)[C@H]3NC(=O)OC(C)(C)C)O[C@@H]2C[Si](C)(C)C(C)(C)C)[C@H](NC(=O)OC(C)(C)C)[C@@H](O)[C@@H]1O. The van der Waals surface area contributed by atoms with E-state index in [0.29, 0.717) is 0 Å². The number of ether oxygens (including phenoxy) is 12. The zero-order valence-electron chi connectivity index (χ0n) is 56.8. The van der Waals surface area contributed by atoms with Crippen LogP contribution in [0.1, 0.15) is 152 Å². The highest BCUT2D eigenvalue weighted by molar-refractivity contribution is 6.80. The van der Waals surface area contributed by atoms with Gasteiger partial charge in [0.05, 0.1) is 26.3 Å². The second kappa shape index (κ2) is 29.8. The van der Waals surface area contributed by atoms with Crippen LogP contribution in [0.5, 0.6) is 0 Å². The Morgan fingerprint density at radius 2 is 0.689 bits per heavy atom. The summed E-state index contributed by atoms with van der Waals surface area (Å²) in [6, 6.07) is -6.03. The lowest BCUT2D eigenvalue weighted by Crippen LogP contribution is -2.70. The van der Waals surface area contributed by atoms with E-state index >= 15 is 0 Å². The van der Waals surface area contributed by atoms with Crippen molar-refractivity contribution in [1.82, 2.24) is 31.9 Å². The molecule has 0 bridgehead atoms. The molecule has 4 aliphatic rings. The molecule has 0 aromatic carbocycles. The number of nitrogens with one attached hydrogen (secondary N) is 6. The maximum absolute atomic E-state index is 14.0. The van der Waals surface area contributed by atoms with Gasteiger partial charge in [-0.1, -0.05) is 33.9 Å². The number of amides is 6. The van der Waals surface area contributed by atoms with E-state index in [0.717, 1.165) is 0 Å². The highest BCUT2D eigenvalue weighted by atomic mass is 28.3. The molecule has 0 unspecified atom stereocenters. The van der Waals surface area contributed by atoms with Gasteiger partial charge in [-0.3, -0.25) is 0 Å². The van der Waals surface area contributed by atoms with Crippen molar-refractivity contribution in [1.29, 1.82) is 0 Å². The van der Waals surface area contributed by atoms with Crippen molar-refractivity contribution in [3.05, 3.63) is 0 Å². The van der Waals surface area contributed by atoms with Crippen molar-refractivity contribution in [2.45, 2.75) is 326 Å². The van der Waals surface area contributed by atoms with Gasteiger partial charge in [-0.15, -0.1) is 0 Å². The minimum atomic E-state index is -2.57. The lowest BCUT2D eigenvalue weighted by molar-refractivity contribution is -0.311. The third kappa shape index (κ3) is 24.0. The largest absolute Gasteiger partial charge is 0.444 e. The summed E-state index contributed by atoms with van der Waals surface area (Å²) in [6.45, 7) is 38.2.